The average Bonchev–Trinajstić information content (AvgIpc) is 2.67. The van der Waals surface area contributed by atoms with Gasteiger partial charge in [0.2, 0.25) is 0 Å². The molecule has 2 rings (SSSR count). The molecule has 0 saturated heterocycles. The molecule has 0 fully saturated rings. The molecule has 0 radical (unpaired) electrons. The number of carbonyl (C=O) groups is 2. The summed E-state index contributed by atoms with van der Waals surface area (Å²) in [6.45, 7) is 0.552. The number of amides is 1. The van der Waals surface area contributed by atoms with E-state index in [1.807, 2.05) is 30.3 Å². The van der Waals surface area contributed by atoms with Crippen LogP contribution in [-0.2, 0) is 16.1 Å². The van der Waals surface area contributed by atoms with E-state index in [0.29, 0.717) is 13.0 Å². The van der Waals surface area contributed by atoms with Gasteiger partial charge in [-0.25, -0.2) is 14.0 Å². The Balaban J connectivity index is 1.75. The summed E-state index contributed by atoms with van der Waals surface area (Å²) in [4.78, 5) is 23.0. The van der Waals surface area contributed by atoms with Gasteiger partial charge in [-0.05, 0) is 30.2 Å². The van der Waals surface area contributed by atoms with Crippen molar-refractivity contribution in [2.45, 2.75) is 13.0 Å². The second-order valence-corrected chi connectivity index (χ2v) is 5.41. The first-order valence-electron chi connectivity index (χ1n) is 8.09. The normalized spacial score (nSPS) is 10.5. The van der Waals surface area contributed by atoms with Gasteiger partial charge in [-0.15, -0.1) is 0 Å². The molecule has 0 aliphatic carbocycles. The maximum Gasteiger partial charge on any atom is 0.407 e. The van der Waals surface area contributed by atoms with Crippen LogP contribution in [0.15, 0.2) is 54.6 Å². The summed E-state index contributed by atoms with van der Waals surface area (Å²) >= 11 is 0. The average molecular weight is 357 g/mol. The summed E-state index contributed by atoms with van der Waals surface area (Å²) < 4.78 is 23.4. The fourth-order valence-corrected chi connectivity index (χ4v) is 2.16. The fraction of sp³-hybridized carbons (Fsp3) is 0.200. The highest BCUT2D eigenvalue weighted by Gasteiger charge is 2.08. The van der Waals surface area contributed by atoms with Gasteiger partial charge in [-0.3, -0.25) is 0 Å². The Morgan fingerprint density at radius 3 is 2.65 bits per heavy atom. The van der Waals surface area contributed by atoms with E-state index in [2.05, 4.69) is 10.1 Å². The van der Waals surface area contributed by atoms with E-state index in [9.17, 15) is 14.0 Å². The standard InChI is InChI=1S/C20H20FNO4/c1-25-19(23)17-10-11-18(21)16(13-17)9-5-6-12-22-20(24)26-14-15-7-3-2-4-8-15/h2-5,7-11,13H,6,12,14H2,1H3,(H,22,24). The van der Waals surface area contributed by atoms with E-state index in [1.54, 1.807) is 12.2 Å². The molecule has 0 aliphatic heterocycles. The number of hydrogen-bond donors (Lipinski definition) is 1. The third kappa shape index (κ3) is 6.05. The van der Waals surface area contributed by atoms with Crippen LogP contribution in [-0.4, -0.2) is 25.7 Å². The molecule has 6 heteroatoms. The zero-order valence-corrected chi connectivity index (χ0v) is 14.4. The lowest BCUT2D eigenvalue weighted by Crippen LogP contribution is -2.24. The number of hydrogen-bond acceptors (Lipinski definition) is 4. The molecule has 0 aromatic heterocycles. The van der Waals surface area contributed by atoms with Crippen LogP contribution >= 0.6 is 0 Å². The van der Waals surface area contributed by atoms with E-state index in [-0.39, 0.29) is 17.7 Å². The molecule has 5 nitrogen and oxygen atoms in total. The summed E-state index contributed by atoms with van der Waals surface area (Å²) in [7, 11) is 1.27. The molecule has 0 unspecified atom stereocenters. The predicted molar refractivity (Wildman–Crippen MR) is 96.0 cm³/mol. The molecule has 0 aliphatic rings. The largest absolute Gasteiger partial charge is 0.465 e. The van der Waals surface area contributed by atoms with Crippen LogP contribution in [0.3, 0.4) is 0 Å². The summed E-state index contributed by atoms with van der Waals surface area (Å²) in [6, 6.07) is 13.4. The Kier molecular flexibility index (Phi) is 7.36. The maximum atomic E-state index is 13.7. The minimum absolute atomic E-state index is 0.202. The zero-order chi connectivity index (χ0) is 18.8. The molecule has 0 heterocycles. The van der Waals surface area contributed by atoms with Gasteiger partial charge in [-0.2, -0.15) is 0 Å². The number of esters is 1. The number of carbonyl (C=O) groups excluding carboxylic acids is 2. The molecule has 2 aromatic rings. The third-order valence-corrected chi connectivity index (χ3v) is 3.51. The first-order valence-corrected chi connectivity index (χ1v) is 8.09. The molecule has 26 heavy (non-hydrogen) atoms. The van der Waals surface area contributed by atoms with Gasteiger partial charge in [0.05, 0.1) is 12.7 Å². The van der Waals surface area contributed by atoms with Crippen LogP contribution in [0.2, 0.25) is 0 Å². The van der Waals surface area contributed by atoms with Gasteiger partial charge in [0, 0.05) is 12.1 Å². The smallest absolute Gasteiger partial charge is 0.407 e. The van der Waals surface area contributed by atoms with Crippen molar-refractivity contribution in [3.8, 4) is 0 Å². The SMILES string of the molecule is COC(=O)c1ccc(F)c(C=CCCNC(=O)OCc2ccccc2)c1. The van der Waals surface area contributed by atoms with Gasteiger partial charge < -0.3 is 14.8 Å². The Morgan fingerprint density at radius 2 is 1.92 bits per heavy atom. The minimum atomic E-state index is -0.525. The number of alkyl carbamates (subject to hydrolysis) is 1. The van der Waals surface area contributed by atoms with Crippen molar-refractivity contribution < 1.29 is 23.5 Å². The second kappa shape index (κ2) is 9.98. The molecule has 1 N–H and O–H groups in total. The Morgan fingerprint density at radius 1 is 1.15 bits per heavy atom. The van der Waals surface area contributed by atoms with E-state index in [4.69, 9.17) is 4.74 Å². The highest BCUT2D eigenvalue weighted by molar-refractivity contribution is 5.90. The van der Waals surface area contributed by atoms with Crippen LogP contribution in [0.1, 0.15) is 27.9 Å². The minimum Gasteiger partial charge on any atom is -0.465 e. The van der Waals surface area contributed by atoms with Crippen molar-refractivity contribution in [1.82, 2.24) is 5.32 Å². The summed E-state index contributed by atoms with van der Waals surface area (Å²) in [5.74, 6) is -0.966. The van der Waals surface area contributed by atoms with Gasteiger partial charge in [0.1, 0.15) is 12.4 Å². The van der Waals surface area contributed by atoms with Crippen LogP contribution in [0.5, 0.6) is 0 Å². The molecular weight excluding hydrogens is 337 g/mol. The Bertz CT molecular complexity index is 775. The lowest BCUT2D eigenvalue weighted by atomic mass is 10.1. The van der Waals surface area contributed by atoms with Gasteiger partial charge in [0.25, 0.3) is 0 Å². The van der Waals surface area contributed by atoms with Crippen LogP contribution in [0.4, 0.5) is 9.18 Å². The summed E-state index contributed by atoms with van der Waals surface area (Å²) in [6.07, 6.45) is 3.24. The molecule has 0 bridgehead atoms. The number of rotatable bonds is 7. The number of benzene rings is 2. The number of ether oxygens (including phenoxy) is 2. The van der Waals surface area contributed by atoms with E-state index in [1.165, 1.54) is 25.3 Å². The van der Waals surface area contributed by atoms with E-state index < -0.39 is 17.9 Å². The highest BCUT2D eigenvalue weighted by Crippen LogP contribution is 2.13. The van der Waals surface area contributed by atoms with Crippen LogP contribution in [0.25, 0.3) is 6.08 Å². The quantitative estimate of drug-likeness (QED) is 0.602. The van der Waals surface area contributed by atoms with Crippen LogP contribution < -0.4 is 5.32 Å². The molecule has 1 amide bonds. The van der Waals surface area contributed by atoms with Crippen molar-refractivity contribution >= 4 is 18.1 Å². The number of methoxy groups -OCH3 is 1. The number of halogens is 1. The first kappa shape index (κ1) is 19.2. The van der Waals surface area contributed by atoms with Crippen LogP contribution in [0, 0.1) is 5.82 Å². The molecule has 136 valence electrons. The number of nitrogens with one attached hydrogen (secondary N) is 1. The second-order valence-electron chi connectivity index (χ2n) is 5.41. The van der Waals surface area contributed by atoms with Crippen molar-refractivity contribution in [3.05, 3.63) is 77.1 Å². The Hall–Kier alpha value is -3.15. The lowest BCUT2D eigenvalue weighted by molar-refractivity contribution is 0.0600. The van der Waals surface area contributed by atoms with E-state index in [0.717, 1.165) is 5.56 Å². The molecular formula is C20H20FNO4. The van der Waals surface area contributed by atoms with Gasteiger partial charge in [0.15, 0.2) is 0 Å². The first-order chi connectivity index (χ1) is 12.6. The predicted octanol–water partition coefficient (Wildman–Crippen LogP) is 3.94. The zero-order valence-electron chi connectivity index (χ0n) is 14.4. The lowest BCUT2D eigenvalue weighted by Gasteiger charge is -2.06. The fourth-order valence-electron chi connectivity index (χ4n) is 2.16. The molecule has 0 spiro atoms. The highest BCUT2D eigenvalue weighted by atomic mass is 19.1. The monoisotopic (exact) mass is 357 g/mol. The molecule has 0 atom stereocenters. The van der Waals surface area contributed by atoms with Crippen molar-refractivity contribution in [1.29, 1.82) is 0 Å². The van der Waals surface area contributed by atoms with E-state index >= 15 is 0 Å². The van der Waals surface area contributed by atoms with Crippen molar-refractivity contribution in [2.24, 2.45) is 0 Å². The van der Waals surface area contributed by atoms with Gasteiger partial charge >= 0.3 is 12.1 Å². The van der Waals surface area contributed by atoms with Crippen molar-refractivity contribution in [3.63, 3.8) is 0 Å². The summed E-state index contributed by atoms with van der Waals surface area (Å²) in [5, 5.41) is 2.61. The molecule has 0 saturated carbocycles. The van der Waals surface area contributed by atoms with Gasteiger partial charge in [-0.1, -0.05) is 42.5 Å². The third-order valence-electron chi connectivity index (χ3n) is 3.51. The summed E-state index contributed by atoms with van der Waals surface area (Å²) in [5.41, 5.74) is 1.46. The Labute approximate surface area is 151 Å². The van der Waals surface area contributed by atoms with Crippen molar-refractivity contribution in [2.75, 3.05) is 13.7 Å². The molecule has 2 aromatic carbocycles. The topological polar surface area (TPSA) is 64.6 Å². The maximum absolute atomic E-state index is 13.7.